The third-order valence-corrected chi connectivity index (χ3v) is 3.31. The normalized spacial score (nSPS) is 19.0. The molecule has 2 aromatic rings. The van der Waals surface area contributed by atoms with E-state index >= 15 is 0 Å². The average Bonchev–Trinajstić information content (AvgIpc) is 3.07. The van der Waals surface area contributed by atoms with Crippen LogP contribution in [0.25, 0.3) is 0 Å². The molecule has 2 N–H and O–H groups in total. The van der Waals surface area contributed by atoms with E-state index in [0.29, 0.717) is 6.54 Å². The molecular formula is C12H14N4O3. The minimum absolute atomic E-state index is 0.0418. The number of carbonyl (C=O) groups is 1. The summed E-state index contributed by atoms with van der Waals surface area (Å²) in [5, 5.41) is 5.88. The molecule has 19 heavy (non-hydrogen) atoms. The van der Waals surface area contributed by atoms with Crippen LogP contribution in [0.3, 0.4) is 0 Å². The van der Waals surface area contributed by atoms with E-state index in [9.17, 15) is 9.59 Å². The van der Waals surface area contributed by atoms with Gasteiger partial charge in [-0.05, 0) is 31.9 Å². The van der Waals surface area contributed by atoms with Crippen molar-refractivity contribution in [3.8, 4) is 0 Å². The number of amides is 1. The van der Waals surface area contributed by atoms with Crippen molar-refractivity contribution in [1.82, 2.24) is 20.1 Å². The molecule has 1 fully saturated rings. The Morgan fingerprint density at radius 2 is 2.37 bits per heavy atom. The molecule has 100 valence electrons. The second-order valence-corrected chi connectivity index (χ2v) is 4.63. The number of rotatable bonds is 2. The van der Waals surface area contributed by atoms with Crippen molar-refractivity contribution in [2.45, 2.75) is 25.8 Å². The molecule has 3 rings (SSSR count). The number of H-pyrrole nitrogens is 2. The van der Waals surface area contributed by atoms with Crippen LogP contribution in [0.2, 0.25) is 0 Å². The highest BCUT2D eigenvalue weighted by molar-refractivity contribution is 5.90. The van der Waals surface area contributed by atoms with Gasteiger partial charge >= 0.3 is 5.69 Å². The highest BCUT2D eigenvalue weighted by Gasteiger charge is 2.33. The molecule has 0 spiro atoms. The molecule has 0 bridgehead atoms. The number of nitrogens with zero attached hydrogens (tertiary/aromatic N) is 2. The monoisotopic (exact) mass is 262 g/mol. The van der Waals surface area contributed by atoms with Crippen molar-refractivity contribution in [3.63, 3.8) is 0 Å². The lowest BCUT2D eigenvalue weighted by molar-refractivity contribution is 0.0707. The Kier molecular flexibility index (Phi) is 2.73. The smallest absolute Gasteiger partial charge is 0.341 e. The van der Waals surface area contributed by atoms with Gasteiger partial charge in [-0.3, -0.25) is 9.78 Å². The number of hydrogen-bond donors (Lipinski definition) is 2. The van der Waals surface area contributed by atoms with Crippen molar-refractivity contribution in [2.24, 2.45) is 0 Å². The SMILES string of the molecule is Cc1ccc([C@@H]2CCCN2C(=O)c2n[nH]c(=O)[nH]2)o1. The van der Waals surface area contributed by atoms with Crippen molar-refractivity contribution in [1.29, 1.82) is 0 Å². The molecular weight excluding hydrogens is 248 g/mol. The number of hydrogen-bond acceptors (Lipinski definition) is 4. The topological polar surface area (TPSA) is 95.0 Å². The highest BCUT2D eigenvalue weighted by Crippen LogP contribution is 2.33. The van der Waals surface area contributed by atoms with Gasteiger partial charge in [-0.1, -0.05) is 0 Å². The Morgan fingerprint density at radius 1 is 1.53 bits per heavy atom. The summed E-state index contributed by atoms with van der Waals surface area (Å²) >= 11 is 0. The van der Waals surface area contributed by atoms with E-state index in [1.807, 2.05) is 19.1 Å². The van der Waals surface area contributed by atoms with Crippen LogP contribution in [0.15, 0.2) is 21.3 Å². The second kappa shape index (κ2) is 4.42. The van der Waals surface area contributed by atoms with E-state index in [0.717, 1.165) is 24.4 Å². The van der Waals surface area contributed by atoms with Crippen molar-refractivity contribution in [2.75, 3.05) is 6.54 Å². The van der Waals surface area contributed by atoms with Gasteiger partial charge in [-0.15, -0.1) is 5.10 Å². The quantitative estimate of drug-likeness (QED) is 0.843. The van der Waals surface area contributed by atoms with Gasteiger partial charge in [0.2, 0.25) is 5.82 Å². The zero-order chi connectivity index (χ0) is 13.4. The van der Waals surface area contributed by atoms with E-state index in [1.54, 1.807) is 4.90 Å². The fourth-order valence-corrected chi connectivity index (χ4v) is 2.45. The molecule has 1 aliphatic heterocycles. The van der Waals surface area contributed by atoms with Crippen molar-refractivity contribution in [3.05, 3.63) is 40.0 Å². The van der Waals surface area contributed by atoms with E-state index in [1.165, 1.54) is 0 Å². The van der Waals surface area contributed by atoms with Gasteiger partial charge < -0.3 is 9.32 Å². The number of likely N-dealkylation sites (tertiary alicyclic amines) is 1. The number of carbonyl (C=O) groups excluding carboxylic acids is 1. The average molecular weight is 262 g/mol. The molecule has 7 heteroatoms. The van der Waals surface area contributed by atoms with Gasteiger partial charge in [-0.2, -0.15) is 0 Å². The molecule has 1 aliphatic rings. The summed E-state index contributed by atoms with van der Waals surface area (Å²) < 4.78 is 5.59. The van der Waals surface area contributed by atoms with Crippen LogP contribution in [0, 0.1) is 6.92 Å². The second-order valence-electron chi connectivity index (χ2n) is 4.63. The summed E-state index contributed by atoms with van der Waals surface area (Å²) in [5.41, 5.74) is -0.479. The summed E-state index contributed by atoms with van der Waals surface area (Å²) in [6.45, 7) is 2.51. The van der Waals surface area contributed by atoms with Gasteiger partial charge in [0.05, 0.1) is 6.04 Å². The minimum Gasteiger partial charge on any atom is -0.464 e. The first kappa shape index (κ1) is 11.8. The van der Waals surface area contributed by atoms with Crippen molar-refractivity contribution >= 4 is 5.91 Å². The predicted octanol–water partition coefficient (Wildman–Crippen LogP) is 0.977. The lowest BCUT2D eigenvalue weighted by Gasteiger charge is -2.21. The Balaban J connectivity index is 1.87. The maximum Gasteiger partial charge on any atom is 0.341 e. The fourth-order valence-electron chi connectivity index (χ4n) is 2.45. The molecule has 1 saturated heterocycles. The highest BCUT2D eigenvalue weighted by atomic mass is 16.3. The zero-order valence-electron chi connectivity index (χ0n) is 10.5. The first-order valence-electron chi connectivity index (χ1n) is 6.17. The van der Waals surface area contributed by atoms with Crippen LogP contribution < -0.4 is 5.69 Å². The molecule has 0 aliphatic carbocycles. The molecule has 2 aromatic heterocycles. The Labute approximate surface area is 108 Å². The number of aromatic nitrogens is 3. The fraction of sp³-hybridized carbons (Fsp3) is 0.417. The molecule has 0 aromatic carbocycles. The van der Waals surface area contributed by atoms with Crippen LogP contribution >= 0.6 is 0 Å². The number of aromatic amines is 2. The lowest BCUT2D eigenvalue weighted by Crippen LogP contribution is -2.31. The maximum atomic E-state index is 12.3. The minimum atomic E-state index is -0.479. The zero-order valence-corrected chi connectivity index (χ0v) is 10.5. The van der Waals surface area contributed by atoms with Crippen LogP contribution in [0.5, 0.6) is 0 Å². The van der Waals surface area contributed by atoms with E-state index in [-0.39, 0.29) is 17.8 Å². The molecule has 0 unspecified atom stereocenters. The van der Waals surface area contributed by atoms with Gasteiger partial charge in [-0.25, -0.2) is 9.89 Å². The van der Waals surface area contributed by atoms with Crippen LogP contribution in [-0.4, -0.2) is 32.5 Å². The summed E-state index contributed by atoms with van der Waals surface area (Å²) in [6, 6.07) is 3.69. The van der Waals surface area contributed by atoms with E-state index in [2.05, 4.69) is 15.2 Å². The molecule has 1 atom stereocenters. The summed E-state index contributed by atoms with van der Waals surface area (Å²) in [4.78, 5) is 27.4. The first-order valence-corrected chi connectivity index (χ1v) is 6.17. The largest absolute Gasteiger partial charge is 0.464 e. The van der Waals surface area contributed by atoms with Gasteiger partial charge in [0.25, 0.3) is 5.91 Å². The van der Waals surface area contributed by atoms with Gasteiger partial charge in [0, 0.05) is 6.54 Å². The maximum absolute atomic E-state index is 12.3. The lowest BCUT2D eigenvalue weighted by atomic mass is 10.1. The number of furan rings is 1. The van der Waals surface area contributed by atoms with Gasteiger partial charge in [0.1, 0.15) is 11.5 Å². The van der Waals surface area contributed by atoms with E-state index in [4.69, 9.17) is 4.42 Å². The molecule has 0 radical (unpaired) electrons. The van der Waals surface area contributed by atoms with E-state index < -0.39 is 5.69 Å². The Bertz CT molecular complexity index is 654. The summed E-state index contributed by atoms with van der Waals surface area (Å²) in [5.74, 6) is 1.36. The standard InChI is InChI=1S/C12H14N4O3/c1-7-4-5-9(19-7)8-3-2-6-16(8)11(17)10-13-12(18)15-14-10/h4-5,8H,2-3,6H2,1H3,(H2,13,14,15,18)/t8-/m0/s1. The first-order chi connectivity index (χ1) is 9.15. The van der Waals surface area contributed by atoms with Gasteiger partial charge in [0.15, 0.2) is 0 Å². The van der Waals surface area contributed by atoms with Crippen LogP contribution in [0.1, 0.15) is 41.0 Å². The van der Waals surface area contributed by atoms with Crippen molar-refractivity contribution < 1.29 is 9.21 Å². The Hall–Kier alpha value is -2.31. The third-order valence-electron chi connectivity index (χ3n) is 3.31. The molecule has 7 nitrogen and oxygen atoms in total. The third kappa shape index (κ3) is 2.07. The summed E-state index contributed by atoms with van der Waals surface area (Å²) in [7, 11) is 0. The van der Waals surface area contributed by atoms with Crippen LogP contribution in [0.4, 0.5) is 0 Å². The molecule has 3 heterocycles. The predicted molar refractivity (Wildman–Crippen MR) is 65.7 cm³/mol. The molecule has 1 amide bonds. The number of aryl methyl sites for hydroxylation is 1. The van der Waals surface area contributed by atoms with Crippen LogP contribution in [-0.2, 0) is 0 Å². The summed E-state index contributed by atoms with van der Waals surface area (Å²) in [6.07, 6.45) is 1.76. The number of nitrogens with one attached hydrogen (secondary N) is 2. The molecule has 0 saturated carbocycles. The Morgan fingerprint density at radius 3 is 3.00 bits per heavy atom.